The van der Waals surface area contributed by atoms with Crippen LogP contribution >= 0.6 is 0 Å². The summed E-state index contributed by atoms with van der Waals surface area (Å²) in [7, 11) is 1.90. The lowest BCUT2D eigenvalue weighted by atomic mass is 10.0. The van der Waals surface area contributed by atoms with E-state index < -0.39 is 0 Å². The maximum atomic E-state index is 12.8. The summed E-state index contributed by atoms with van der Waals surface area (Å²) in [4.78, 5) is 0. The van der Waals surface area contributed by atoms with Gasteiger partial charge in [0.1, 0.15) is 5.82 Å². The molecule has 0 spiro atoms. The van der Waals surface area contributed by atoms with Gasteiger partial charge >= 0.3 is 0 Å². The highest BCUT2D eigenvalue weighted by Gasteiger charge is 2.06. The highest BCUT2D eigenvalue weighted by Crippen LogP contribution is 2.09. The minimum Gasteiger partial charge on any atom is -0.327 e. The van der Waals surface area contributed by atoms with E-state index in [-0.39, 0.29) is 11.9 Å². The first kappa shape index (κ1) is 12.8. The van der Waals surface area contributed by atoms with Crippen LogP contribution in [0.25, 0.3) is 0 Å². The summed E-state index contributed by atoms with van der Waals surface area (Å²) in [5, 5.41) is 4.12. The molecular weight excluding hydrogens is 229 g/mol. The van der Waals surface area contributed by atoms with Crippen molar-refractivity contribution in [3.05, 3.63) is 53.6 Å². The molecule has 3 nitrogen and oxygen atoms in total. The molecule has 1 aromatic heterocycles. The second-order valence-electron chi connectivity index (χ2n) is 4.65. The van der Waals surface area contributed by atoms with E-state index in [4.69, 9.17) is 5.73 Å². The molecule has 0 aliphatic rings. The van der Waals surface area contributed by atoms with Crippen LogP contribution < -0.4 is 5.73 Å². The Morgan fingerprint density at radius 2 is 2.00 bits per heavy atom. The topological polar surface area (TPSA) is 43.8 Å². The van der Waals surface area contributed by atoms with Crippen LogP contribution in [-0.4, -0.2) is 15.8 Å². The number of hydrogen-bond donors (Lipinski definition) is 1. The van der Waals surface area contributed by atoms with Crippen molar-refractivity contribution in [3.8, 4) is 0 Å². The van der Waals surface area contributed by atoms with E-state index in [2.05, 4.69) is 5.10 Å². The van der Waals surface area contributed by atoms with E-state index in [1.54, 1.807) is 16.8 Å². The lowest BCUT2D eigenvalue weighted by Crippen LogP contribution is -2.23. The van der Waals surface area contributed by atoms with Gasteiger partial charge in [-0.1, -0.05) is 12.1 Å². The highest BCUT2D eigenvalue weighted by molar-refractivity contribution is 5.17. The SMILES string of the molecule is Cn1cc(CCC(N)Cc2ccc(F)cc2)cn1. The first-order chi connectivity index (χ1) is 8.63. The van der Waals surface area contributed by atoms with E-state index in [9.17, 15) is 4.39 Å². The zero-order valence-electron chi connectivity index (χ0n) is 10.5. The average molecular weight is 247 g/mol. The highest BCUT2D eigenvalue weighted by atomic mass is 19.1. The van der Waals surface area contributed by atoms with E-state index >= 15 is 0 Å². The minimum absolute atomic E-state index is 0.0932. The number of halogens is 1. The van der Waals surface area contributed by atoms with Crippen molar-refractivity contribution in [2.24, 2.45) is 12.8 Å². The fourth-order valence-corrected chi connectivity index (χ4v) is 1.98. The molecule has 1 heterocycles. The number of nitrogens with zero attached hydrogens (tertiary/aromatic N) is 2. The largest absolute Gasteiger partial charge is 0.327 e. The van der Waals surface area contributed by atoms with Gasteiger partial charge in [-0.15, -0.1) is 0 Å². The smallest absolute Gasteiger partial charge is 0.123 e. The Labute approximate surface area is 106 Å². The fraction of sp³-hybridized carbons (Fsp3) is 0.357. The normalized spacial score (nSPS) is 12.6. The molecule has 0 saturated carbocycles. The van der Waals surface area contributed by atoms with Gasteiger partial charge in [0.25, 0.3) is 0 Å². The van der Waals surface area contributed by atoms with Crippen molar-refractivity contribution >= 4 is 0 Å². The van der Waals surface area contributed by atoms with E-state index in [0.717, 1.165) is 24.8 Å². The van der Waals surface area contributed by atoms with Gasteiger partial charge in [-0.25, -0.2) is 4.39 Å². The Morgan fingerprint density at radius 1 is 1.28 bits per heavy atom. The molecular formula is C14H18FN3. The van der Waals surface area contributed by atoms with Gasteiger partial charge in [-0.3, -0.25) is 4.68 Å². The van der Waals surface area contributed by atoms with E-state index in [1.165, 1.54) is 17.7 Å². The molecule has 0 saturated heterocycles. The summed E-state index contributed by atoms with van der Waals surface area (Å²) >= 11 is 0. The van der Waals surface area contributed by atoms with E-state index in [1.807, 2.05) is 19.4 Å². The summed E-state index contributed by atoms with van der Waals surface area (Å²) in [5.74, 6) is -0.206. The third kappa shape index (κ3) is 3.67. The van der Waals surface area contributed by atoms with Crippen LogP contribution in [0, 0.1) is 5.82 Å². The molecule has 0 aliphatic heterocycles. The fourth-order valence-electron chi connectivity index (χ4n) is 1.98. The van der Waals surface area contributed by atoms with Crippen LogP contribution in [0.5, 0.6) is 0 Å². The quantitative estimate of drug-likeness (QED) is 0.879. The molecule has 0 bridgehead atoms. The van der Waals surface area contributed by atoms with Gasteiger partial charge in [0.05, 0.1) is 6.20 Å². The first-order valence-electron chi connectivity index (χ1n) is 6.11. The van der Waals surface area contributed by atoms with Crippen LogP contribution in [-0.2, 0) is 19.9 Å². The van der Waals surface area contributed by atoms with Crippen LogP contribution in [0.1, 0.15) is 17.5 Å². The van der Waals surface area contributed by atoms with Crippen molar-refractivity contribution in [1.29, 1.82) is 0 Å². The predicted molar refractivity (Wildman–Crippen MR) is 69.6 cm³/mol. The second kappa shape index (κ2) is 5.78. The summed E-state index contributed by atoms with van der Waals surface area (Å²) in [6, 6.07) is 6.63. The predicted octanol–water partition coefficient (Wildman–Crippen LogP) is 2.06. The number of benzene rings is 1. The van der Waals surface area contributed by atoms with Crippen LogP contribution in [0.15, 0.2) is 36.7 Å². The van der Waals surface area contributed by atoms with Crippen LogP contribution in [0.2, 0.25) is 0 Å². The molecule has 0 fully saturated rings. The van der Waals surface area contributed by atoms with Gasteiger partial charge < -0.3 is 5.73 Å². The molecule has 0 radical (unpaired) electrons. The van der Waals surface area contributed by atoms with Crippen molar-refractivity contribution < 1.29 is 4.39 Å². The Kier molecular flexibility index (Phi) is 4.10. The molecule has 0 amide bonds. The standard InChI is InChI=1S/C14H18FN3/c1-18-10-12(9-17-18)4-7-14(16)8-11-2-5-13(15)6-3-11/h2-3,5-6,9-10,14H,4,7-8,16H2,1H3. The van der Waals surface area contributed by atoms with E-state index in [0.29, 0.717) is 0 Å². The number of aromatic nitrogens is 2. The molecule has 4 heteroatoms. The average Bonchev–Trinajstić information content (AvgIpc) is 2.76. The molecule has 1 aromatic carbocycles. The molecule has 1 unspecified atom stereocenters. The molecule has 2 aromatic rings. The van der Waals surface area contributed by atoms with Crippen LogP contribution in [0.4, 0.5) is 4.39 Å². The molecule has 2 N–H and O–H groups in total. The zero-order valence-corrected chi connectivity index (χ0v) is 10.5. The number of rotatable bonds is 5. The Hall–Kier alpha value is -1.68. The Morgan fingerprint density at radius 3 is 2.61 bits per heavy atom. The molecule has 1 atom stereocenters. The molecule has 18 heavy (non-hydrogen) atoms. The lowest BCUT2D eigenvalue weighted by Gasteiger charge is -2.10. The first-order valence-corrected chi connectivity index (χ1v) is 6.11. The van der Waals surface area contributed by atoms with Gasteiger partial charge in [0.15, 0.2) is 0 Å². The minimum atomic E-state index is -0.206. The third-order valence-electron chi connectivity index (χ3n) is 2.97. The summed E-state index contributed by atoms with van der Waals surface area (Å²) in [6.07, 6.45) is 6.48. The van der Waals surface area contributed by atoms with Crippen molar-refractivity contribution in [3.63, 3.8) is 0 Å². The van der Waals surface area contributed by atoms with Crippen molar-refractivity contribution in [1.82, 2.24) is 9.78 Å². The number of hydrogen-bond acceptors (Lipinski definition) is 2. The summed E-state index contributed by atoms with van der Waals surface area (Å²) in [6.45, 7) is 0. The Balaban J connectivity index is 1.81. The van der Waals surface area contributed by atoms with Crippen molar-refractivity contribution in [2.75, 3.05) is 0 Å². The maximum absolute atomic E-state index is 12.8. The third-order valence-corrected chi connectivity index (χ3v) is 2.97. The maximum Gasteiger partial charge on any atom is 0.123 e. The zero-order chi connectivity index (χ0) is 13.0. The van der Waals surface area contributed by atoms with Crippen LogP contribution in [0.3, 0.4) is 0 Å². The van der Waals surface area contributed by atoms with Gasteiger partial charge in [0.2, 0.25) is 0 Å². The van der Waals surface area contributed by atoms with Gasteiger partial charge in [-0.2, -0.15) is 5.10 Å². The molecule has 2 rings (SSSR count). The molecule has 0 aliphatic carbocycles. The monoisotopic (exact) mass is 247 g/mol. The summed E-state index contributed by atoms with van der Waals surface area (Å²) < 4.78 is 14.5. The van der Waals surface area contributed by atoms with Crippen molar-refractivity contribution in [2.45, 2.75) is 25.3 Å². The molecule has 96 valence electrons. The lowest BCUT2D eigenvalue weighted by molar-refractivity contribution is 0.605. The number of nitrogens with two attached hydrogens (primary N) is 1. The second-order valence-corrected chi connectivity index (χ2v) is 4.65. The Bertz CT molecular complexity index is 490. The van der Waals surface area contributed by atoms with Gasteiger partial charge in [0, 0.05) is 19.3 Å². The van der Waals surface area contributed by atoms with Gasteiger partial charge in [-0.05, 0) is 42.5 Å². The number of aryl methyl sites for hydroxylation is 2. The summed E-state index contributed by atoms with van der Waals surface area (Å²) in [5.41, 5.74) is 8.36.